The summed E-state index contributed by atoms with van der Waals surface area (Å²) in [6.07, 6.45) is 4.81. The highest BCUT2D eigenvalue weighted by atomic mass is 16.7. The fourth-order valence-corrected chi connectivity index (χ4v) is 2.67. The molecule has 104 valence electrons. The first-order valence-corrected chi connectivity index (χ1v) is 6.94. The highest BCUT2D eigenvalue weighted by Crippen LogP contribution is 2.35. The summed E-state index contributed by atoms with van der Waals surface area (Å²) in [5.74, 6) is 1.57. The van der Waals surface area contributed by atoms with Crippen LogP contribution in [0.5, 0.6) is 11.5 Å². The van der Waals surface area contributed by atoms with E-state index in [1.165, 1.54) is 12.8 Å². The van der Waals surface area contributed by atoms with E-state index in [2.05, 4.69) is 0 Å². The smallest absolute Gasteiger partial charge is 0.184 e. The average molecular weight is 264 g/mol. The molecule has 0 unspecified atom stereocenters. The van der Waals surface area contributed by atoms with Crippen molar-refractivity contribution in [3.63, 3.8) is 0 Å². The van der Waals surface area contributed by atoms with Crippen molar-refractivity contribution in [1.82, 2.24) is 0 Å². The van der Waals surface area contributed by atoms with Gasteiger partial charge in [0.1, 0.15) is 0 Å². The molecule has 2 fully saturated rings. The van der Waals surface area contributed by atoms with Crippen LogP contribution in [0.4, 0.5) is 0 Å². The Kier molecular flexibility index (Phi) is 3.89. The van der Waals surface area contributed by atoms with Gasteiger partial charge in [-0.05, 0) is 37.8 Å². The van der Waals surface area contributed by atoms with Crippen molar-refractivity contribution >= 4 is 0 Å². The van der Waals surface area contributed by atoms with Crippen LogP contribution in [0, 0.1) is 0 Å². The Morgan fingerprint density at radius 1 is 1.05 bits per heavy atom. The summed E-state index contributed by atoms with van der Waals surface area (Å²) >= 11 is 0. The van der Waals surface area contributed by atoms with Crippen molar-refractivity contribution < 1.29 is 18.9 Å². The van der Waals surface area contributed by atoms with Crippen molar-refractivity contribution in [2.24, 2.45) is 0 Å². The van der Waals surface area contributed by atoms with Gasteiger partial charge < -0.3 is 18.9 Å². The van der Waals surface area contributed by atoms with Gasteiger partial charge in [-0.25, -0.2) is 0 Å². The molecule has 19 heavy (non-hydrogen) atoms. The summed E-state index contributed by atoms with van der Waals surface area (Å²) in [6.45, 7) is 1.30. The zero-order valence-electron chi connectivity index (χ0n) is 11.3. The molecule has 0 radical (unpaired) electrons. The standard InChI is InChI=1S/C15H20O4/c1-16-13-7-6-11(15-17-8-9-18-15)10-14(13)19-12-4-2-3-5-12/h6-7,10,12,15H,2-5,8-9H2,1H3. The third-order valence-electron chi connectivity index (χ3n) is 3.68. The van der Waals surface area contributed by atoms with Crippen LogP contribution in [0.1, 0.15) is 37.5 Å². The highest BCUT2D eigenvalue weighted by molar-refractivity contribution is 5.43. The Hall–Kier alpha value is -1.26. The number of rotatable bonds is 4. The maximum Gasteiger partial charge on any atom is 0.184 e. The molecule has 4 nitrogen and oxygen atoms in total. The Morgan fingerprint density at radius 2 is 1.79 bits per heavy atom. The summed E-state index contributed by atoms with van der Waals surface area (Å²) in [5.41, 5.74) is 0.992. The van der Waals surface area contributed by atoms with E-state index < -0.39 is 0 Å². The summed E-state index contributed by atoms with van der Waals surface area (Å²) in [7, 11) is 1.67. The SMILES string of the molecule is COc1ccc(C2OCCO2)cc1OC1CCCC1. The minimum atomic E-state index is -0.267. The van der Waals surface area contributed by atoms with Gasteiger partial charge in [-0.15, -0.1) is 0 Å². The molecule has 1 saturated carbocycles. The van der Waals surface area contributed by atoms with Gasteiger partial charge >= 0.3 is 0 Å². The summed E-state index contributed by atoms with van der Waals surface area (Å²) < 4.78 is 22.5. The minimum Gasteiger partial charge on any atom is -0.493 e. The van der Waals surface area contributed by atoms with E-state index in [9.17, 15) is 0 Å². The molecule has 1 aliphatic carbocycles. The number of hydrogen-bond acceptors (Lipinski definition) is 4. The molecular formula is C15H20O4. The first-order valence-electron chi connectivity index (χ1n) is 6.94. The number of benzene rings is 1. The van der Waals surface area contributed by atoms with Gasteiger partial charge in [-0.2, -0.15) is 0 Å². The van der Waals surface area contributed by atoms with E-state index in [4.69, 9.17) is 18.9 Å². The largest absolute Gasteiger partial charge is 0.493 e. The molecule has 0 N–H and O–H groups in total. The highest BCUT2D eigenvalue weighted by Gasteiger charge is 2.22. The molecule has 1 saturated heterocycles. The van der Waals surface area contributed by atoms with Crippen molar-refractivity contribution in [2.75, 3.05) is 20.3 Å². The Morgan fingerprint density at radius 3 is 2.47 bits per heavy atom. The van der Waals surface area contributed by atoms with Crippen molar-refractivity contribution in [3.8, 4) is 11.5 Å². The van der Waals surface area contributed by atoms with Gasteiger partial charge in [0.15, 0.2) is 17.8 Å². The molecule has 0 aromatic heterocycles. The minimum absolute atomic E-state index is 0.267. The van der Waals surface area contributed by atoms with Gasteiger partial charge in [0, 0.05) is 5.56 Å². The van der Waals surface area contributed by atoms with Gasteiger partial charge in [0.2, 0.25) is 0 Å². The molecule has 4 heteroatoms. The van der Waals surface area contributed by atoms with E-state index in [-0.39, 0.29) is 6.29 Å². The Labute approximate surface area is 113 Å². The zero-order chi connectivity index (χ0) is 13.1. The van der Waals surface area contributed by atoms with Crippen LogP contribution in [0.2, 0.25) is 0 Å². The van der Waals surface area contributed by atoms with Crippen LogP contribution >= 0.6 is 0 Å². The first kappa shape index (κ1) is 12.8. The predicted octanol–water partition coefficient (Wildman–Crippen LogP) is 3.06. The van der Waals surface area contributed by atoms with E-state index in [0.717, 1.165) is 29.9 Å². The number of ether oxygens (including phenoxy) is 4. The second kappa shape index (κ2) is 5.80. The lowest BCUT2D eigenvalue weighted by molar-refractivity contribution is -0.0443. The maximum atomic E-state index is 6.06. The molecule has 3 rings (SSSR count). The molecule has 1 aromatic rings. The molecule has 1 aromatic carbocycles. The summed E-state index contributed by atoms with van der Waals surface area (Å²) in [5, 5.41) is 0. The van der Waals surface area contributed by atoms with E-state index in [0.29, 0.717) is 19.3 Å². The average Bonchev–Trinajstić information content (AvgIpc) is 3.11. The van der Waals surface area contributed by atoms with Crippen LogP contribution < -0.4 is 9.47 Å². The zero-order valence-corrected chi connectivity index (χ0v) is 11.3. The second-order valence-corrected chi connectivity index (χ2v) is 5.01. The van der Waals surface area contributed by atoms with Gasteiger partial charge in [0.05, 0.1) is 26.4 Å². The molecular weight excluding hydrogens is 244 g/mol. The van der Waals surface area contributed by atoms with Crippen LogP contribution in [0.3, 0.4) is 0 Å². The lowest BCUT2D eigenvalue weighted by Crippen LogP contribution is -2.12. The predicted molar refractivity (Wildman–Crippen MR) is 70.5 cm³/mol. The Balaban J connectivity index is 1.79. The molecule has 1 heterocycles. The van der Waals surface area contributed by atoms with Crippen LogP contribution in [-0.4, -0.2) is 26.4 Å². The summed E-state index contributed by atoms with van der Waals surface area (Å²) in [6, 6.07) is 5.87. The fourth-order valence-electron chi connectivity index (χ4n) is 2.67. The fraction of sp³-hybridized carbons (Fsp3) is 0.600. The Bertz CT molecular complexity index is 420. The number of hydrogen-bond donors (Lipinski definition) is 0. The van der Waals surface area contributed by atoms with Crippen molar-refractivity contribution in [3.05, 3.63) is 23.8 Å². The normalized spacial score (nSPS) is 20.9. The molecule has 0 bridgehead atoms. The molecule has 0 atom stereocenters. The third-order valence-corrected chi connectivity index (χ3v) is 3.68. The van der Waals surface area contributed by atoms with Gasteiger partial charge in [0.25, 0.3) is 0 Å². The van der Waals surface area contributed by atoms with Crippen LogP contribution in [0.15, 0.2) is 18.2 Å². The second-order valence-electron chi connectivity index (χ2n) is 5.01. The van der Waals surface area contributed by atoms with E-state index in [1.807, 2.05) is 18.2 Å². The van der Waals surface area contributed by atoms with E-state index in [1.54, 1.807) is 7.11 Å². The third kappa shape index (κ3) is 2.85. The molecule has 2 aliphatic rings. The number of methoxy groups -OCH3 is 1. The lowest BCUT2D eigenvalue weighted by Gasteiger charge is -2.18. The molecule has 0 amide bonds. The van der Waals surface area contributed by atoms with Crippen LogP contribution in [0.25, 0.3) is 0 Å². The van der Waals surface area contributed by atoms with Crippen molar-refractivity contribution in [1.29, 1.82) is 0 Å². The molecule has 1 aliphatic heterocycles. The quantitative estimate of drug-likeness (QED) is 0.837. The van der Waals surface area contributed by atoms with Crippen LogP contribution in [-0.2, 0) is 9.47 Å². The monoisotopic (exact) mass is 264 g/mol. The van der Waals surface area contributed by atoms with Gasteiger partial charge in [-0.1, -0.05) is 6.07 Å². The van der Waals surface area contributed by atoms with E-state index >= 15 is 0 Å². The molecule has 0 spiro atoms. The summed E-state index contributed by atoms with van der Waals surface area (Å²) in [4.78, 5) is 0. The topological polar surface area (TPSA) is 36.9 Å². The van der Waals surface area contributed by atoms with Gasteiger partial charge in [-0.3, -0.25) is 0 Å². The van der Waals surface area contributed by atoms with Crippen molar-refractivity contribution in [2.45, 2.75) is 38.1 Å². The maximum absolute atomic E-state index is 6.06. The lowest BCUT2D eigenvalue weighted by atomic mass is 10.2. The first-order chi connectivity index (χ1) is 9.36.